The predicted octanol–water partition coefficient (Wildman–Crippen LogP) is 4.69. The average Bonchev–Trinajstić information content (AvgIpc) is 2.35. The largest absolute Gasteiger partial charge is 0.353 e. The highest BCUT2D eigenvalue weighted by atomic mass is 16.7. The molecule has 1 unspecified atom stereocenters. The maximum Gasteiger partial charge on any atom is 0.157 e. The molecule has 1 atom stereocenters. The van der Waals surface area contributed by atoms with Crippen LogP contribution in [0.15, 0.2) is 12.7 Å². The van der Waals surface area contributed by atoms with Crippen molar-refractivity contribution < 1.29 is 9.47 Å². The molecule has 0 bridgehead atoms. The smallest absolute Gasteiger partial charge is 0.157 e. The van der Waals surface area contributed by atoms with Crippen LogP contribution in [0.5, 0.6) is 0 Å². The summed E-state index contributed by atoms with van der Waals surface area (Å²) >= 11 is 0. The molecule has 0 amide bonds. The minimum atomic E-state index is -0.0267. The molecule has 0 spiro atoms. The Labute approximate surface area is 107 Å². The summed E-state index contributed by atoms with van der Waals surface area (Å²) in [6.45, 7) is 9.52. The van der Waals surface area contributed by atoms with E-state index in [4.69, 9.17) is 9.47 Å². The topological polar surface area (TPSA) is 18.5 Å². The van der Waals surface area contributed by atoms with Gasteiger partial charge in [-0.3, -0.25) is 0 Å². The number of rotatable bonds is 13. The van der Waals surface area contributed by atoms with Crippen molar-refractivity contribution in [3.63, 3.8) is 0 Å². The monoisotopic (exact) mass is 242 g/mol. The van der Waals surface area contributed by atoms with Crippen LogP contribution in [0, 0.1) is 0 Å². The Balaban J connectivity index is 3.56. The molecule has 0 heterocycles. The van der Waals surface area contributed by atoms with Gasteiger partial charge in [-0.25, -0.2) is 0 Å². The van der Waals surface area contributed by atoms with Crippen LogP contribution in [0.1, 0.15) is 65.2 Å². The molecule has 0 N–H and O–H groups in total. The highest BCUT2D eigenvalue weighted by molar-refractivity contribution is 4.64. The summed E-state index contributed by atoms with van der Waals surface area (Å²) in [4.78, 5) is 0. The van der Waals surface area contributed by atoms with E-state index in [1.807, 2.05) is 0 Å². The van der Waals surface area contributed by atoms with Gasteiger partial charge in [-0.05, 0) is 19.3 Å². The molecule has 0 aliphatic rings. The highest BCUT2D eigenvalue weighted by Crippen LogP contribution is 2.10. The fourth-order valence-corrected chi connectivity index (χ4v) is 1.69. The van der Waals surface area contributed by atoms with Crippen molar-refractivity contribution in [2.24, 2.45) is 0 Å². The van der Waals surface area contributed by atoms with Crippen LogP contribution in [-0.2, 0) is 9.47 Å². The van der Waals surface area contributed by atoms with Crippen LogP contribution >= 0.6 is 0 Å². The van der Waals surface area contributed by atoms with E-state index >= 15 is 0 Å². The Kier molecular flexibility index (Phi) is 13.4. The lowest BCUT2D eigenvalue weighted by Crippen LogP contribution is -2.18. The van der Waals surface area contributed by atoms with Gasteiger partial charge in [-0.2, -0.15) is 0 Å². The molecule has 0 saturated heterocycles. The van der Waals surface area contributed by atoms with Gasteiger partial charge in [0.25, 0.3) is 0 Å². The molecule has 102 valence electrons. The molecule has 0 radical (unpaired) electrons. The lowest BCUT2D eigenvalue weighted by molar-refractivity contribution is -0.139. The third-order valence-electron chi connectivity index (χ3n) is 2.74. The lowest BCUT2D eigenvalue weighted by Gasteiger charge is -2.17. The molecule has 0 aliphatic carbocycles. The summed E-state index contributed by atoms with van der Waals surface area (Å²) in [5, 5.41) is 0. The average molecular weight is 242 g/mol. The van der Waals surface area contributed by atoms with Crippen LogP contribution in [0.3, 0.4) is 0 Å². The van der Waals surface area contributed by atoms with Crippen molar-refractivity contribution >= 4 is 0 Å². The first-order chi connectivity index (χ1) is 8.35. The highest BCUT2D eigenvalue weighted by Gasteiger charge is 2.07. The van der Waals surface area contributed by atoms with Crippen LogP contribution < -0.4 is 0 Å². The molecule has 0 aromatic rings. The van der Waals surface area contributed by atoms with E-state index in [2.05, 4.69) is 20.4 Å². The van der Waals surface area contributed by atoms with Crippen molar-refractivity contribution in [2.75, 3.05) is 13.2 Å². The van der Waals surface area contributed by atoms with Gasteiger partial charge in [0.2, 0.25) is 0 Å². The molecular weight excluding hydrogens is 212 g/mol. The predicted molar refractivity (Wildman–Crippen MR) is 74.2 cm³/mol. The summed E-state index contributed by atoms with van der Waals surface area (Å²) in [6, 6.07) is 0. The molecule has 0 aromatic carbocycles. The third kappa shape index (κ3) is 11.9. The summed E-state index contributed by atoms with van der Waals surface area (Å²) in [6.07, 6.45) is 11.4. The van der Waals surface area contributed by atoms with Gasteiger partial charge in [0.1, 0.15) is 0 Å². The summed E-state index contributed by atoms with van der Waals surface area (Å²) in [7, 11) is 0. The summed E-state index contributed by atoms with van der Waals surface area (Å²) < 4.78 is 11.4. The number of hydrogen-bond acceptors (Lipinski definition) is 2. The Morgan fingerprint density at radius 3 is 2.29 bits per heavy atom. The van der Waals surface area contributed by atoms with Crippen LogP contribution in [0.25, 0.3) is 0 Å². The van der Waals surface area contributed by atoms with E-state index in [1.165, 1.54) is 38.5 Å². The molecule has 0 fully saturated rings. The van der Waals surface area contributed by atoms with E-state index < -0.39 is 0 Å². The van der Waals surface area contributed by atoms with E-state index in [0.29, 0.717) is 6.61 Å². The Morgan fingerprint density at radius 2 is 1.65 bits per heavy atom. The van der Waals surface area contributed by atoms with Crippen molar-refractivity contribution in [1.29, 1.82) is 0 Å². The molecule has 0 aromatic heterocycles. The Bertz CT molecular complexity index is 157. The zero-order chi connectivity index (χ0) is 12.8. The van der Waals surface area contributed by atoms with Gasteiger partial charge in [-0.15, -0.1) is 6.58 Å². The zero-order valence-corrected chi connectivity index (χ0v) is 11.7. The third-order valence-corrected chi connectivity index (χ3v) is 2.74. The van der Waals surface area contributed by atoms with Crippen LogP contribution in [0.2, 0.25) is 0 Å². The van der Waals surface area contributed by atoms with Gasteiger partial charge in [-0.1, -0.05) is 52.0 Å². The zero-order valence-electron chi connectivity index (χ0n) is 11.7. The molecule has 17 heavy (non-hydrogen) atoms. The second-order valence-corrected chi connectivity index (χ2v) is 4.48. The molecule has 2 nitrogen and oxygen atoms in total. The lowest BCUT2D eigenvalue weighted by atomic mass is 10.2. The first kappa shape index (κ1) is 16.7. The maximum atomic E-state index is 5.77. The first-order valence-electron chi connectivity index (χ1n) is 7.19. The van der Waals surface area contributed by atoms with Gasteiger partial charge >= 0.3 is 0 Å². The fraction of sp³-hybridized carbons (Fsp3) is 0.867. The quantitative estimate of drug-likeness (QED) is 0.265. The molecule has 2 heteroatoms. The SMILES string of the molecule is C=CCOC(CCCCC)OCCCCCC. The minimum absolute atomic E-state index is 0.0267. The van der Waals surface area contributed by atoms with E-state index in [1.54, 1.807) is 6.08 Å². The van der Waals surface area contributed by atoms with Gasteiger partial charge in [0.15, 0.2) is 6.29 Å². The standard InChI is InChI=1S/C15H30O2/c1-4-7-9-11-14-17-15(16-13-6-3)12-10-8-5-2/h6,15H,3-5,7-14H2,1-2H3. The van der Waals surface area contributed by atoms with E-state index in [-0.39, 0.29) is 6.29 Å². The van der Waals surface area contributed by atoms with Gasteiger partial charge in [0, 0.05) is 6.61 Å². The second kappa shape index (κ2) is 13.7. The van der Waals surface area contributed by atoms with Gasteiger partial charge < -0.3 is 9.47 Å². The van der Waals surface area contributed by atoms with E-state index in [0.717, 1.165) is 19.4 Å². The fourth-order valence-electron chi connectivity index (χ4n) is 1.69. The normalized spacial score (nSPS) is 12.6. The summed E-state index contributed by atoms with van der Waals surface area (Å²) in [5.41, 5.74) is 0. The van der Waals surface area contributed by atoms with Crippen molar-refractivity contribution in [1.82, 2.24) is 0 Å². The van der Waals surface area contributed by atoms with Crippen molar-refractivity contribution in [3.05, 3.63) is 12.7 Å². The number of unbranched alkanes of at least 4 members (excludes halogenated alkanes) is 5. The van der Waals surface area contributed by atoms with E-state index in [9.17, 15) is 0 Å². The van der Waals surface area contributed by atoms with Crippen LogP contribution in [-0.4, -0.2) is 19.5 Å². The molecule has 0 aliphatic heterocycles. The Morgan fingerprint density at radius 1 is 0.941 bits per heavy atom. The van der Waals surface area contributed by atoms with Crippen molar-refractivity contribution in [3.8, 4) is 0 Å². The number of hydrogen-bond donors (Lipinski definition) is 0. The van der Waals surface area contributed by atoms with Crippen molar-refractivity contribution in [2.45, 2.75) is 71.5 Å². The number of ether oxygens (including phenoxy) is 2. The maximum absolute atomic E-state index is 5.77. The minimum Gasteiger partial charge on any atom is -0.353 e. The Hall–Kier alpha value is -0.340. The van der Waals surface area contributed by atoms with Crippen LogP contribution in [0.4, 0.5) is 0 Å². The summed E-state index contributed by atoms with van der Waals surface area (Å²) in [5.74, 6) is 0. The first-order valence-corrected chi connectivity index (χ1v) is 7.19. The van der Waals surface area contributed by atoms with Gasteiger partial charge in [0.05, 0.1) is 6.61 Å². The second-order valence-electron chi connectivity index (χ2n) is 4.48. The molecular formula is C15H30O2. The molecule has 0 saturated carbocycles. The molecule has 0 rings (SSSR count).